The van der Waals surface area contributed by atoms with E-state index in [1.165, 1.54) is 16.7 Å². The number of carbonyl (C=O) groups excluding carboxylic acids is 1. The van der Waals surface area contributed by atoms with Gasteiger partial charge in [0.2, 0.25) is 0 Å². The number of hydrogen-bond acceptors (Lipinski definition) is 4. The summed E-state index contributed by atoms with van der Waals surface area (Å²) < 4.78 is 6.91. The second kappa shape index (κ2) is 5.09. The number of carbonyl (C=O) groups is 1. The molecule has 0 spiro atoms. The zero-order valence-electron chi connectivity index (χ0n) is 17.0. The van der Waals surface area contributed by atoms with E-state index in [9.17, 15) is 9.90 Å². The van der Waals surface area contributed by atoms with Gasteiger partial charge >= 0.3 is 0 Å². The van der Waals surface area contributed by atoms with Crippen LogP contribution in [0.4, 0.5) is 0 Å². The van der Waals surface area contributed by atoms with Crippen LogP contribution in [0.25, 0.3) is 0 Å². The summed E-state index contributed by atoms with van der Waals surface area (Å²) in [5.41, 5.74) is 3.04. The van der Waals surface area contributed by atoms with E-state index in [4.69, 9.17) is 4.74 Å². The molecule has 6 rings (SSSR count). The largest absolute Gasteiger partial charge is 0.508 e. The van der Waals surface area contributed by atoms with Crippen molar-refractivity contribution in [2.24, 2.45) is 16.7 Å². The minimum Gasteiger partial charge on any atom is -0.508 e. The van der Waals surface area contributed by atoms with Gasteiger partial charge in [-0.2, -0.15) is 0 Å². The van der Waals surface area contributed by atoms with E-state index in [1.807, 2.05) is 13.0 Å². The summed E-state index contributed by atoms with van der Waals surface area (Å²) in [6.45, 7) is 8.82. The second-order valence-electron chi connectivity index (χ2n) is 9.86. The Labute approximate surface area is 166 Å². The van der Waals surface area contributed by atoms with Crippen LogP contribution in [0.3, 0.4) is 0 Å². The summed E-state index contributed by atoms with van der Waals surface area (Å²) >= 11 is 0. The Kier molecular flexibility index (Phi) is 3.13. The van der Waals surface area contributed by atoms with Crippen molar-refractivity contribution in [3.63, 3.8) is 0 Å². The summed E-state index contributed by atoms with van der Waals surface area (Å²) in [6, 6.07) is 6.21. The topological polar surface area (TPSA) is 49.8 Å². The number of Topliss-reactive ketones (excluding diaryl/α,β-unsaturated/α-hetero) is 1. The normalized spacial score (nSPS) is 47.1. The Morgan fingerprint density at radius 3 is 2.96 bits per heavy atom. The van der Waals surface area contributed by atoms with Gasteiger partial charge in [-0.1, -0.05) is 24.6 Å². The summed E-state index contributed by atoms with van der Waals surface area (Å²) in [7, 11) is 0. The van der Waals surface area contributed by atoms with Crippen LogP contribution in [-0.4, -0.2) is 47.1 Å². The van der Waals surface area contributed by atoms with Crippen molar-refractivity contribution in [2.75, 3.05) is 19.7 Å². The molecule has 0 amide bonds. The van der Waals surface area contributed by atoms with Crippen molar-refractivity contribution in [1.29, 1.82) is 0 Å². The quantitative estimate of drug-likeness (QED) is 0.760. The number of phenols is 1. The van der Waals surface area contributed by atoms with Gasteiger partial charge in [-0.15, -0.1) is 0 Å². The van der Waals surface area contributed by atoms with Crippen molar-refractivity contribution in [1.82, 2.24) is 4.90 Å². The Morgan fingerprint density at radius 1 is 1.39 bits per heavy atom. The molecule has 1 aromatic rings. The molecule has 4 fully saturated rings. The molecule has 3 heterocycles. The highest BCUT2D eigenvalue weighted by Gasteiger charge is 2.82. The lowest BCUT2D eigenvalue weighted by molar-refractivity contribution is -0.220. The summed E-state index contributed by atoms with van der Waals surface area (Å²) in [5.74, 6) is 1.14. The first-order valence-electron chi connectivity index (χ1n) is 10.8. The number of allylic oxidation sites excluding steroid dienone is 1. The van der Waals surface area contributed by atoms with Crippen LogP contribution < -0.4 is 0 Å². The minimum atomic E-state index is -0.435. The van der Waals surface area contributed by atoms with Crippen LogP contribution in [0, 0.1) is 16.7 Å². The van der Waals surface area contributed by atoms with E-state index in [1.54, 1.807) is 6.07 Å². The molecule has 6 unspecified atom stereocenters. The molecule has 4 heteroatoms. The second-order valence-corrected chi connectivity index (χ2v) is 9.86. The fourth-order valence-electron chi connectivity index (χ4n) is 8.55. The van der Waals surface area contributed by atoms with E-state index < -0.39 is 5.41 Å². The van der Waals surface area contributed by atoms with Gasteiger partial charge < -0.3 is 9.84 Å². The summed E-state index contributed by atoms with van der Waals surface area (Å²) in [4.78, 5) is 16.1. The van der Waals surface area contributed by atoms with E-state index >= 15 is 0 Å². The van der Waals surface area contributed by atoms with Crippen molar-refractivity contribution in [3.05, 3.63) is 41.0 Å². The van der Waals surface area contributed by atoms with Gasteiger partial charge in [0.15, 0.2) is 0 Å². The average molecular weight is 380 g/mol. The average Bonchev–Trinajstić information content (AvgIpc) is 2.90. The fraction of sp³-hybridized carbons (Fsp3) is 0.625. The number of rotatable bonds is 1. The van der Waals surface area contributed by atoms with E-state index in [0.717, 1.165) is 32.4 Å². The molecule has 3 aliphatic heterocycles. The molecule has 1 N–H and O–H groups in total. The van der Waals surface area contributed by atoms with Gasteiger partial charge in [0, 0.05) is 23.9 Å². The third-order valence-electron chi connectivity index (χ3n) is 9.52. The molecule has 0 radical (unpaired) electrons. The SMILES string of the molecule is CC=C1CN2CCC34Cc5cc(O)ccc5C(C)C35OCC4(C(C)=O)C1CC25. The van der Waals surface area contributed by atoms with Crippen LogP contribution in [0.2, 0.25) is 0 Å². The summed E-state index contributed by atoms with van der Waals surface area (Å²) in [5, 5.41) is 10.2. The number of ether oxygens (including phenoxy) is 1. The predicted octanol–water partition coefficient (Wildman–Crippen LogP) is 3.44. The highest BCUT2D eigenvalue weighted by molar-refractivity contribution is 5.86. The molecule has 6 atom stereocenters. The Hall–Kier alpha value is -1.65. The first kappa shape index (κ1) is 17.2. The van der Waals surface area contributed by atoms with E-state index in [2.05, 4.69) is 30.9 Å². The number of piperidine rings is 2. The summed E-state index contributed by atoms with van der Waals surface area (Å²) in [6.07, 6.45) is 5.15. The zero-order chi connectivity index (χ0) is 19.5. The molecule has 148 valence electrons. The van der Waals surface area contributed by atoms with Crippen molar-refractivity contribution >= 4 is 5.78 Å². The molecule has 28 heavy (non-hydrogen) atoms. The standard InChI is InChI=1S/C24H29NO3/c1-4-16-12-25-8-7-22-11-17-9-18(27)5-6-19(17)14(2)24(22)21(25)10-20(16)23(22,13-28-24)15(3)26/h4-6,9,14,20-21,27H,7-8,10-13H2,1-3H3. The van der Waals surface area contributed by atoms with Crippen LogP contribution in [0.5, 0.6) is 5.75 Å². The molecule has 1 aromatic carbocycles. The molecule has 4 nitrogen and oxygen atoms in total. The lowest BCUT2D eigenvalue weighted by atomic mass is 9.36. The maximum atomic E-state index is 13.5. The van der Waals surface area contributed by atoms with E-state index in [0.29, 0.717) is 30.1 Å². The third-order valence-corrected chi connectivity index (χ3v) is 9.52. The molecule has 2 aliphatic carbocycles. The number of phenolic OH excluding ortho intramolecular Hbond substituents is 1. The van der Waals surface area contributed by atoms with Gasteiger partial charge in [0.25, 0.3) is 0 Å². The molecule has 0 aromatic heterocycles. The molecule has 3 saturated heterocycles. The van der Waals surface area contributed by atoms with Gasteiger partial charge in [0.05, 0.1) is 17.6 Å². The number of aromatic hydroxyl groups is 1. The van der Waals surface area contributed by atoms with Gasteiger partial charge in [-0.3, -0.25) is 9.69 Å². The molecule has 5 aliphatic rings. The first-order valence-corrected chi connectivity index (χ1v) is 10.8. The van der Waals surface area contributed by atoms with Crippen LogP contribution in [-0.2, 0) is 16.0 Å². The number of fused-ring (bicyclic) bond motifs is 3. The van der Waals surface area contributed by atoms with Crippen LogP contribution in [0.1, 0.15) is 50.7 Å². The molecular weight excluding hydrogens is 350 g/mol. The lowest BCUT2D eigenvalue weighted by Gasteiger charge is -2.71. The van der Waals surface area contributed by atoms with Crippen molar-refractivity contribution < 1.29 is 14.6 Å². The molecular formula is C24H29NO3. The highest BCUT2D eigenvalue weighted by Crippen LogP contribution is 2.76. The van der Waals surface area contributed by atoms with Gasteiger partial charge in [-0.05, 0) is 68.8 Å². The highest BCUT2D eigenvalue weighted by atomic mass is 16.5. The number of hydrogen-bond donors (Lipinski definition) is 1. The Bertz CT molecular complexity index is 938. The van der Waals surface area contributed by atoms with E-state index in [-0.39, 0.29) is 16.9 Å². The predicted molar refractivity (Wildman–Crippen MR) is 106 cm³/mol. The maximum absolute atomic E-state index is 13.5. The molecule has 1 saturated carbocycles. The number of ketones is 1. The smallest absolute Gasteiger partial charge is 0.139 e. The first-order chi connectivity index (χ1) is 13.4. The Morgan fingerprint density at radius 2 is 2.21 bits per heavy atom. The number of benzene rings is 1. The van der Waals surface area contributed by atoms with Crippen molar-refractivity contribution in [2.45, 2.75) is 57.6 Å². The lowest BCUT2D eigenvalue weighted by Crippen LogP contribution is -2.79. The maximum Gasteiger partial charge on any atom is 0.139 e. The Balaban J connectivity index is 1.68. The zero-order valence-corrected chi connectivity index (χ0v) is 17.0. The van der Waals surface area contributed by atoms with Crippen LogP contribution in [0.15, 0.2) is 29.8 Å². The van der Waals surface area contributed by atoms with Gasteiger partial charge in [-0.25, -0.2) is 0 Å². The number of nitrogens with zero attached hydrogens (tertiary/aromatic N) is 1. The minimum absolute atomic E-state index is 0.176. The third kappa shape index (κ3) is 1.52. The monoisotopic (exact) mass is 379 g/mol. The van der Waals surface area contributed by atoms with Crippen molar-refractivity contribution in [3.8, 4) is 5.75 Å². The fourth-order valence-corrected chi connectivity index (χ4v) is 8.55. The molecule has 5 bridgehead atoms. The van der Waals surface area contributed by atoms with Gasteiger partial charge in [0.1, 0.15) is 11.5 Å². The van der Waals surface area contributed by atoms with Crippen LogP contribution >= 0.6 is 0 Å².